The van der Waals surface area contributed by atoms with Crippen LogP contribution in [0.2, 0.25) is 0 Å². The molecule has 0 saturated carbocycles. The van der Waals surface area contributed by atoms with Crippen LogP contribution in [0.15, 0.2) is 24.3 Å². The zero-order chi connectivity index (χ0) is 7.84. The summed E-state index contributed by atoms with van der Waals surface area (Å²) in [5.41, 5.74) is 4.23. The molecule has 1 aliphatic carbocycles. The first kappa shape index (κ1) is 7.11. The molecule has 0 atom stereocenters. The Morgan fingerprint density at radius 1 is 1.36 bits per heavy atom. The summed E-state index contributed by atoms with van der Waals surface area (Å²) in [4.78, 5) is 0. The van der Waals surface area contributed by atoms with Crippen LogP contribution in [0.1, 0.15) is 16.7 Å². The van der Waals surface area contributed by atoms with Crippen LogP contribution in [-0.2, 0) is 6.42 Å². The van der Waals surface area contributed by atoms with Crippen LogP contribution in [0.3, 0.4) is 0 Å². The summed E-state index contributed by atoms with van der Waals surface area (Å²) >= 11 is 3.53. The third-order valence-corrected chi connectivity index (χ3v) is 2.90. The van der Waals surface area contributed by atoms with Crippen molar-refractivity contribution in [2.45, 2.75) is 13.3 Å². The van der Waals surface area contributed by atoms with E-state index in [0.717, 1.165) is 6.42 Å². The average Bonchev–Trinajstić information content (AvgIpc) is 2.35. The molecule has 0 amide bonds. The number of allylic oxidation sites excluding steroid dienone is 1. The van der Waals surface area contributed by atoms with E-state index in [0.29, 0.717) is 0 Å². The quantitative estimate of drug-likeness (QED) is 0.615. The molecule has 0 nitrogen and oxygen atoms in total. The Hall–Kier alpha value is -0.560. The smallest absolute Gasteiger partial charge is 0.0214 e. The Kier molecular flexibility index (Phi) is 1.61. The Morgan fingerprint density at radius 3 is 2.91 bits per heavy atom. The Bertz CT molecular complexity index is 324. The number of rotatable bonds is 0. The molecule has 0 unspecified atom stereocenters. The standard InChI is InChI=1S/C10H9Br/c1-7-3-2-4-9-8(7)5-6-10(9)11/h2-4,6H,5H2,1H3. The highest BCUT2D eigenvalue weighted by molar-refractivity contribution is 9.15. The second-order valence-electron chi connectivity index (χ2n) is 2.86. The number of aryl methyl sites for hydroxylation is 1. The normalized spacial score (nSPS) is 14.5. The fraction of sp³-hybridized carbons (Fsp3) is 0.200. The number of fused-ring (bicyclic) bond motifs is 1. The summed E-state index contributed by atoms with van der Waals surface area (Å²) in [7, 11) is 0. The summed E-state index contributed by atoms with van der Waals surface area (Å²) < 4.78 is 1.25. The number of hydrogen-bond acceptors (Lipinski definition) is 0. The van der Waals surface area contributed by atoms with Crippen LogP contribution in [0.5, 0.6) is 0 Å². The van der Waals surface area contributed by atoms with Gasteiger partial charge in [0.15, 0.2) is 0 Å². The van der Waals surface area contributed by atoms with Crippen LogP contribution in [0.25, 0.3) is 4.48 Å². The maximum Gasteiger partial charge on any atom is 0.0214 e. The van der Waals surface area contributed by atoms with E-state index in [-0.39, 0.29) is 0 Å². The topological polar surface area (TPSA) is 0 Å². The van der Waals surface area contributed by atoms with Gasteiger partial charge in [-0.05, 0) is 30.0 Å². The summed E-state index contributed by atoms with van der Waals surface area (Å²) in [5.74, 6) is 0. The molecule has 1 heteroatoms. The largest absolute Gasteiger partial charge is 0.0652 e. The first-order chi connectivity index (χ1) is 5.29. The minimum Gasteiger partial charge on any atom is -0.0652 e. The Labute approximate surface area is 75.1 Å². The zero-order valence-corrected chi connectivity index (χ0v) is 7.98. The Balaban J connectivity index is 2.64. The molecule has 2 rings (SSSR count). The average molecular weight is 209 g/mol. The highest BCUT2D eigenvalue weighted by Crippen LogP contribution is 2.33. The maximum atomic E-state index is 3.53. The van der Waals surface area contributed by atoms with Crippen LogP contribution in [0.4, 0.5) is 0 Å². The number of halogens is 1. The molecular formula is C10H9Br. The molecule has 0 radical (unpaired) electrons. The monoisotopic (exact) mass is 208 g/mol. The molecule has 1 aliphatic rings. The van der Waals surface area contributed by atoms with Crippen molar-refractivity contribution in [2.24, 2.45) is 0 Å². The second-order valence-corrected chi connectivity index (χ2v) is 3.71. The van der Waals surface area contributed by atoms with Crippen molar-refractivity contribution in [1.82, 2.24) is 0 Å². The molecule has 0 saturated heterocycles. The van der Waals surface area contributed by atoms with Crippen molar-refractivity contribution in [2.75, 3.05) is 0 Å². The third-order valence-electron chi connectivity index (χ3n) is 2.15. The molecule has 0 aliphatic heterocycles. The Morgan fingerprint density at radius 2 is 2.18 bits per heavy atom. The van der Waals surface area contributed by atoms with Gasteiger partial charge in [0.1, 0.15) is 0 Å². The van der Waals surface area contributed by atoms with E-state index in [1.165, 1.54) is 21.2 Å². The lowest BCUT2D eigenvalue weighted by atomic mass is 10.0. The maximum absolute atomic E-state index is 3.53. The lowest BCUT2D eigenvalue weighted by molar-refractivity contribution is 1.24. The van der Waals surface area contributed by atoms with Gasteiger partial charge in [-0.2, -0.15) is 0 Å². The molecule has 0 heterocycles. The van der Waals surface area contributed by atoms with E-state index < -0.39 is 0 Å². The summed E-state index contributed by atoms with van der Waals surface area (Å²) in [6, 6.07) is 6.43. The van der Waals surface area contributed by atoms with Crippen molar-refractivity contribution in [3.8, 4) is 0 Å². The van der Waals surface area contributed by atoms with Gasteiger partial charge in [0.05, 0.1) is 0 Å². The molecule has 0 spiro atoms. The number of hydrogen-bond donors (Lipinski definition) is 0. The van der Waals surface area contributed by atoms with Gasteiger partial charge >= 0.3 is 0 Å². The van der Waals surface area contributed by atoms with Crippen LogP contribution >= 0.6 is 15.9 Å². The van der Waals surface area contributed by atoms with E-state index in [1.807, 2.05) is 0 Å². The van der Waals surface area contributed by atoms with E-state index in [1.54, 1.807) is 0 Å². The fourth-order valence-corrected chi connectivity index (χ4v) is 2.03. The predicted octanol–water partition coefficient (Wildman–Crippen LogP) is 3.29. The van der Waals surface area contributed by atoms with Gasteiger partial charge in [-0.15, -0.1) is 0 Å². The molecule has 0 aromatic heterocycles. The van der Waals surface area contributed by atoms with Crippen LogP contribution < -0.4 is 0 Å². The van der Waals surface area contributed by atoms with Gasteiger partial charge in [0.2, 0.25) is 0 Å². The van der Waals surface area contributed by atoms with Gasteiger partial charge < -0.3 is 0 Å². The molecular weight excluding hydrogens is 200 g/mol. The molecule has 56 valence electrons. The molecule has 0 bridgehead atoms. The van der Waals surface area contributed by atoms with Gasteiger partial charge in [0.25, 0.3) is 0 Å². The van der Waals surface area contributed by atoms with Gasteiger partial charge in [-0.3, -0.25) is 0 Å². The van der Waals surface area contributed by atoms with E-state index in [2.05, 4.69) is 47.1 Å². The highest BCUT2D eigenvalue weighted by atomic mass is 79.9. The predicted molar refractivity (Wildman–Crippen MR) is 51.8 cm³/mol. The van der Waals surface area contributed by atoms with Crippen molar-refractivity contribution < 1.29 is 0 Å². The van der Waals surface area contributed by atoms with Crippen molar-refractivity contribution in [1.29, 1.82) is 0 Å². The van der Waals surface area contributed by atoms with Crippen molar-refractivity contribution in [3.63, 3.8) is 0 Å². The summed E-state index contributed by atoms with van der Waals surface area (Å²) in [6.45, 7) is 2.16. The molecule has 0 N–H and O–H groups in total. The minimum atomic E-state index is 1.09. The molecule has 0 fully saturated rings. The molecule has 1 aromatic carbocycles. The SMILES string of the molecule is Cc1cccc2c1CC=C2Br. The van der Waals surface area contributed by atoms with E-state index in [9.17, 15) is 0 Å². The van der Waals surface area contributed by atoms with Crippen molar-refractivity contribution in [3.05, 3.63) is 41.0 Å². The van der Waals surface area contributed by atoms with Crippen LogP contribution in [0, 0.1) is 6.92 Å². The van der Waals surface area contributed by atoms with Crippen LogP contribution in [-0.4, -0.2) is 0 Å². The van der Waals surface area contributed by atoms with E-state index >= 15 is 0 Å². The lowest BCUT2D eigenvalue weighted by Crippen LogP contribution is -1.85. The van der Waals surface area contributed by atoms with E-state index in [4.69, 9.17) is 0 Å². The minimum absolute atomic E-state index is 1.09. The first-order valence-corrected chi connectivity index (χ1v) is 4.53. The number of benzene rings is 1. The molecule has 1 aromatic rings. The zero-order valence-electron chi connectivity index (χ0n) is 6.39. The third kappa shape index (κ3) is 1.04. The molecule has 11 heavy (non-hydrogen) atoms. The van der Waals surface area contributed by atoms with Gasteiger partial charge in [-0.25, -0.2) is 0 Å². The van der Waals surface area contributed by atoms with Gasteiger partial charge in [0, 0.05) is 4.48 Å². The van der Waals surface area contributed by atoms with Gasteiger partial charge in [-0.1, -0.05) is 40.2 Å². The highest BCUT2D eigenvalue weighted by Gasteiger charge is 2.12. The summed E-state index contributed by atoms with van der Waals surface area (Å²) in [6.07, 6.45) is 3.31. The summed E-state index contributed by atoms with van der Waals surface area (Å²) in [5, 5.41) is 0. The first-order valence-electron chi connectivity index (χ1n) is 3.73. The second kappa shape index (κ2) is 2.49. The fourth-order valence-electron chi connectivity index (χ4n) is 1.50. The lowest BCUT2D eigenvalue weighted by Gasteiger charge is -2.02. The van der Waals surface area contributed by atoms with Crippen molar-refractivity contribution >= 4 is 20.4 Å².